The first-order chi connectivity index (χ1) is 8.25. The van der Waals surface area contributed by atoms with Crippen molar-refractivity contribution in [1.29, 1.82) is 0 Å². The van der Waals surface area contributed by atoms with Crippen LogP contribution in [0.4, 0.5) is 0 Å². The Labute approximate surface area is 101 Å². The smallest absolute Gasteiger partial charge is 0.112 e. The molecule has 0 saturated carbocycles. The molecule has 1 aliphatic heterocycles. The first kappa shape index (κ1) is 10.8. The average Bonchev–Trinajstić information content (AvgIpc) is 2.68. The minimum atomic E-state index is 0.557. The van der Waals surface area contributed by atoms with E-state index in [1.54, 1.807) is 0 Å². The molecule has 2 heterocycles. The van der Waals surface area contributed by atoms with E-state index in [4.69, 9.17) is 9.72 Å². The Bertz CT molecular complexity index is 538. The summed E-state index contributed by atoms with van der Waals surface area (Å²) in [6.45, 7) is 3.86. The summed E-state index contributed by atoms with van der Waals surface area (Å²) in [6, 6.07) is 6.46. The van der Waals surface area contributed by atoms with Crippen LogP contribution >= 0.6 is 0 Å². The van der Waals surface area contributed by atoms with Crippen molar-refractivity contribution in [3.05, 3.63) is 29.6 Å². The van der Waals surface area contributed by atoms with Crippen molar-refractivity contribution in [1.82, 2.24) is 9.55 Å². The Morgan fingerprint density at radius 3 is 2.82 bits per heavy atom. The quantitative estimate of drug-likeness (QED) is 0.753. The molecule has 3 rings (SSSR count). The topological polar surface area (TPSA) is 27.1 Å². The molecule has 0 bridgehead atoms. The molecule has 1 aromatic heterocycles. The fraction of sp³-hybridized carbons (Fsp3) is 0.500. The fourth-order valence-electron chi connectivity index (χ4n) is 2.64. The van der Waals surface area contributed by atoms with Crippen molar-refractivity contribution in [2.45, 2.75) is 25.7 Å². The van der Waals surface area contributed by atoms with E-state index in [9.17, 15) is 0 Å². The van der Waals surface area contributed by atoms with Crippen molar-refractivity contribution in [2.75, 3.05) is 13.2 Å². The van der Waals surface area contributed by atoms with E-state index in [0.29, 0.717) is 5.92 Å². The van der Waals surface area contributed by atoms with Gasteiger partial charge in [0.2, 0.25) is 0 Å². The van der Waals surface area contributed by atoms with Crippen molar-refractivity contribution >= 4 is 11.0 Å². The van der Waals surface area contributed by atoms with Gasteiger partial charge in [0.1, 0.15) is 5.82 Å². The number of hydrogen-bond acceptors (Lipinski definition) is 2. The molecule has 1 fully saturated rings. The third kappa shape index (κ3) is 1.84. The van der Waals surface area contributed by atoms with Crippen LogP contribution in [0.25, 0.3) is 11.0 Å². The maximum Gasteiger partial charge on any atom is 0.112 e. The molecule has 17 heavy (non-hydrogen) atoms. The molecule has 0 aliphatic carbocycles. The summed E-state index contributed by atoms with van der Waals surface area (Å²) in [5.74, 6) is 1.77. The zero-order valence-corrected chi connectivity index (χ0v) is 10.4. The molecule has 0 spiro atoms. The number of imidazole rings is 1. The van der Waals surface area contributed by atoms with Gasteiger partial charge in [0.05, 0.1) is 11.0 Å². The Balaban J connectivity index is 2.07. The Kier molecular flexibility index (Phi) is 2.63. The fourth-order valence-corrected chi connectivity index (χ4v) is 2.64. The van der Waals surface area contributed by atoms with Gasteiger partial charge in [-0.2, -0.15) is 0 Å². The lowest BCUT2D eigenvalue weighted by Crippen LogP contribution is -2.17. The second-order valence-corrected chi connectivity index (χ2v) is 4.91. The molecular weight excluding hydrogens is 212 g/mol. The molecule has 3 nitrogen and oxygen atoms in total. The van der Waals surface area contributed by atoms with Crippen molar-refractivity contribution in [3.63, 3.8) is 0 Å². The monoisotopic (exact) mass is 230 g/mol. The van der Waals surface area contributed by atoms with Crippen LogP contribution in [0.1, 0.15) is 30.1 Å². The minimum absolute atomic E-state index is 0.557. The van der Waals surface area contributed by atoms with Gasteiger partial charge in [-0.25, -0.2) is 4.98 Å². The lowest BCUT2D eigenvalue weighted by Gasteiger charge is -2.21. The van der Waals surface area contributed by atoms with Gasteiger partial charge in [-0.1, -0.05) is 6.07 Å². The number of hydrogen-bond donors (Lipinski definition) is 0. The Hall–Kier alpha value is -1.35. The highest BCUT2D eigenvalue weighted by Crippen LogP contribution is 2.28. The normalized spacial score (nSPS) is 17.8. The van der Waals surface area contributed by atoms with Gasteiger partial charge >= 0.3 is 0 Å². The van der Waals surface area contributed by atoms with Crippen LogP contribution in [-0.2, 0) is 11.8 Å². The van der Waals surface area contributed by atoms with Crippen molar-refractivity contribution < 1.29 is 4.74 Å². The number of fused-ring (bicyclic) bond motifs is 1. The molecule has 0 N–H and O–H groups in total. The third-order valence-electron chi connectivity index (χ3n) is 3.66. The summed E-state index contributed by atoms with van der Waals surface area (Å²) in [7, 11) is 2.12. The second kappa shape index (κ2) is 4.15. The van der Waals surface area contributed by atoms with E-state index in [2.05, 4.69) is 36.7 Å². The number of aryl methyl sites for hydroxylation is 2. The highest BCUT2D eigenvalue weighted by atomic mass is 16.5. The SMILES string of the molecule is Cc1ccc2nc(C3CCOCC3)n(C)c2c1. The molecule has 1 saturated heterocycles. The van der Waals surface area contributed by atoms with Crippen LogP contribution < -0.4 is 0 Å². The summed E-state index contributed by atoms with van der Waals surface area (Å²) >= 11 is 0. The van der Waals surface area contributed by atoms with E-state index >= 15 is 0 Å². The van der Waals surface area contributed by atoms with Gasteiger partial charge < -0.3 is 9.30 Å². The molecule has 0 radical (unpaired) electrons. The predicted molar refractivity (Wildman–Crippen MR) is 68.2 cm³/mol. The maximum atomic E-state index is 5.42. The van der Waals surface area contributed by atoms with Crippen molar-refractivity contribution in [2.24, 2.45) is 7.05 Å². The molecule has 90 valence electrons. The molecule has 0 amide bonds. The van der Waals surface area contributed by atoms with E-state index in [-0.39, 0.29) is 0 Å². The lowest BCUT2D eigenvalue weighted by molar-refractivity contribution is 0.0831. The number of rotatable bonds is 1. The number of nitrogens with zero attached hydrogens (tertiary/aromatic N) is 2. The van der Waals surface area contributed by atoms with Crippen LogP contribution in [-0.4, -0.2) is 22.8 Å². The van der Waals surface area contributed by atoms with Gasteiger partial charge in [-0.15, -0.1) is 0 Å². The zero-order chi connectivity index (χ0) is 11.8. The molecule has 3 heteroatoms. The van der Waals surface area contributed by atoms with Gasteiger partial charge in [-0.05, 0) is 37.5 Å². The summed E-state index contributed by atoms with van der Waals surface area (Å²) in [6.07, 6.45) is 2.19. The summed E-state index contributed by atoms with van der Waals surface area (Å²) in [5.41, 5.74) is 3.64. The molecule has 0 atom stereocenters. The van der Waals surface area contributed by atoms with Crippen molar-refractivity contribution in [3.8, 4) is 0 Å². The van der Waals surface area contributed by atoms with Crippen LogP contribution in [0.3, 0.4) is 0 Å². The van der Waals surface area contributed by atoms with E-state index in [1.165, 1.54) is 16.9 Å². The van der Waals surface area contributed by atoms with Crippen LogP contribution in [0, 0.1) is 6.92 Å². The largest absolute Gasteiger partial charge is 0.381 e. The average molecular weight is 230 g/mol. The highest BCUT2D eigenvalue weighted by molar-refractivity contribution is 5.76. The number of benzene rings is 1. The van der Waals surface area contributed by atoms with Gasteiger partial charge in [0.25, 0.3) is 0 Å². The number of aromatic nitrogens is 2. The first-order valence-corrected chi connectivity index (χ1v) is 6.26. The molecular formula is C14H18N2O. The Morgan fingerprint density at radius 1 is 1.29 bits per heavy atom. The standard InChI is InChI=1S/C14H18N2O/c1-10-3-4-12-13(9-10)16(2)14(15-12)11-5-7-17-8-6-11/h3-4,9,11H,5-8H2,1-2H3. The molecule has 0 unspecified atom stereocenters. The van der Waals surface area contributed by atoms with E-state index < -0.39 is 0 Å². The number of ether oxygens (including phenoxy) is 1. The zero-order valence-electron chi connectivity index (χ0n) is 10.4. The minimum Gasteiger partial charge on any atom is -0.381 e. The summed E-state index contributed by atoms with van der Waals surface area (Å²) in [5, 5.41) is 0. The van der Waals surface area contributed by atoms with Gasteiger partial charge in [0, 0.05) is 26.2 Å². The highest BCUT2D eigenvalue weighted by Gasteiger charge is 2.21. The van der Waals surface area contributed by atoms with Gasteiger partial charge in [0.15, 0.2) is 0 Å². The van der Waals surface area contributed by atoms with Crippen LogP contribution in [0.15, 0.2) is 18.2 Å². The summed E-state index contributed by atoms with van der Waals surface area (Å²) < 4.78 is 7.67. The van der Waals surface area contributed by atoms with E-state index in [0.717, 1.165) is 31.6 Å². The second-order valence-electron chi connectivity index (χ2n) is 4.91. The molecule has 1 aliphatic rings. The lowest BCUT2D eigenvalue weighted by atomic mass is 9.99. The first-order valence-electron chi connectivity index (χ1n) is 6.26. The van der Waals surface area contributed by atoms with Crippen LogP contribution in [0.2, 0.25) is 0 Å². The van der Waals surface area contributed by atoms with Crippen LogP contribution in [0.5, 0.6) is 0 Å². The third-order valence-corrected chi connectivity index (χ3v) is 3.66. The predicted octanol–water partition coefficient (Wildman–Crippen LogP) is 2.78. The van der Waals surface area contributed by atoms with E-state index in [1.807, 2.05) is 0 Å². The van der Waals surface area contributed by atoms with Gasteiger partial charge in [-0.3, -0.25) is 0 Å². The molecule has 1 aromatic carbocycles. The maximum absolute atomic E-state index is 5.42. The summed E-state index contributed by atoms with van der Waals surface area (Å²) in [4.78, 5) is 4.78. The Morgan fingerprint density at radius 2 is 2.06 bits per heavy atom. The molecule has 2 aromatic rings.